The molecule has 21 heavy (non-hydrogen) atoms. The van der Waals surface area contributed by atoms with Gasteiger partial charge in [-0.15, -0.1) is 0 Å². The molecule has 6 nitrogen and oxygen atoms in total. The second-order valence-corrected chi connectivity index (χ2v) is 6.59. The Balaban J connectivity index is 3.37. The summed E-state index contributed by atoms with van der Waals surface area (Å²) in [6.45, 7) is 5.81. The molecule has 118 valence electrons. The summed E-state index contributed by atoms with van der Waals surface area (Å²) in [6, 6.07) is 3.06. The van der Waals surface area contributed by atoms with Crippen LogP contribution in [0.5, 0.6) is 0 Å². The molecule has 0 heterocycles. The SMILES string of the molecule is CCN(CCO)C(=O)c1cc(C)c(C)c(S(=O)(=O)NC)c1. The first-order chi connectivity index (χ1) is 9.78. The molecule has 2 N–H and O–H groups in total. The molecule has 0 aliphatic heterocycles. The maximum Gasteiger partial charge on any atom is 0.253 e. The monoisotopic (exact) mass is 314 g/mol. The van der Waals surface area contributed by atoms with Gasteiger partial charge in [0.25, 0.3) is 5.91 Å². The third-order valence-electron chi connectivity index (χ3n) is 3.46. The number of nitrogens with zero attached hydrogens (tertiary/aromatic N) is 1. The van der Waals surface area contributed by atoms with Crippen LogP contribution in [0.15, 0.2) is 17.0 Å². The Hall–Kier alpha value is -1.44. The Kier molecular flexibility index (Phi) is 5.88. The van der Waals surface area contributed by atoms with Gasteiger partial charge in [0.15, 0.2) is 0 Å². The largest absolute Gasteiger partial charge is 0.395 e. The minimum Gasteiger partial charge on any atom is -0.395 e. The number of aliphatic hydroxyl groups is 1. The average molecular weight is 314 g/mol. The van der Waals surface area contributed by atoms with Crippen LogP contribution >= 0.6 is 0 Å². The topological polar surface area (TPSA) is 86.7 Å². The van der Waals surface area contributed by atoms with Gasteiger partial charge in [-0.1, -0.05) is 0 Å². The number of carbonyl (C=O) groups excluding carboxylic acids is 1. The van der Waals surface area contributed by atoms with Gasteiger partial charge in [0.05, 0.1) is 11.5 Å². The van der Waals surface area contributed by atoms with E-state index in [0.717, 1.165) is 5.56 Å². The van der Waals surface area contributed by atoms with Gasteiger partial charge < -0.3 is 10.0 Å². The van der Waals surface area contributed by atoms with Crippen LogP contribution in [0.4, 0.5) is 0 Å². The van der Waals surface area contributed by atoms with E-state index in [-0.39, 0.29) is 24.0 Å². The number of rotatable bonds is 6. The Morgan fingerprint density at radius 2 is 1.95 bits per heavy atom. The zero-order chi connectivity index (χ0) is 16.2. The molecule has 0 bridgehead atoms. The fourth-order valence-electron chi connectivity index (χ4n) is 2.05. The van der Waals surface area contributed by atoms with Gasteiger partial charge in [-0.25, -0.2) is 13.1 Å². The van der Waals surface area contributed by atoms with Crippen LogP contribution in [0.25, 0.3) is 0 Å². The molecule has 1 rings (SSSR count). The first-order valence-corrected chi connectivity index (χ1v) is 8.21. The third kappa shape index (κ3) is 3.81. The molecule has 1 amide bonds. The van der Waals surface area contributed by atoms with Gasteiger partial charge in [0.1, 0.15) is 0 Å². The molecular weight excluding hydrogens is 292 g/mol. The quantitative estimate of drug-likeness (QED) is 0.808. The Morgan fingerprint density at radius 1 is 1.33 bits per heavy atom. The van der Waals surface area contributed by atoms with E-state index in [1.807, 2.05) is 0 Å². The Morgan fingerprint density at radius 3 is 2.43 bits per heavy atom. The van der Waals surface area contributed by atoms with Gasteiger partial charge >= 0.3 is 0 Å². The van der Waals surface area contributed by atoms with Gasteiger partial charge in [0.2, 0.25) is 10.0 Å². The summed E-state index contributed by atoms with van der Waals surface area (Å²) in [5.41, 5.74) is 1.66. The number of aliphatic hydroxyl groups excluding tert-OH is 1. The Labute approximate surface area is 125 Å². The van der Waals surface area contributed by atoms with Crippen molar-refractivity contribution in [3.63, 3.8) is 0 Å². The van der Waals surface area contributed by atoms with Crippen molar-refractivity contribution in [2.45, 2.75) is 25.7 Å². The first kappa shape index (κ1) is 17.6. The molecular formula is C14H22N2O4S. The summed E-state index contributed by atoms with van der Waals surface area (Å²) in [4.78, 5) is 14.0. The highest BCUT2D eigenvalue weighted by molar-refractivity contribution is 7.89. The van der Waals surface area contributed by atoms with Crippen molar-refractivity contribution < 1.29 is 18.3 Å². The molecule has 0 unspecified atom stereocenters. The first-order valence-electron chi connectivity index (χ1n) is 6.73. The number of hydrogen-bond donors (Lipinski definition) is 2. The number of carbonyl (C=O) groups is 1. The van der Waals surface area contributed by atoms with E-state index in [1.165, 1.54) is 18.0 Å². The molecule has 1 aromatic rings. The highest BCUT2D eigenvalue weighted by atomic mass is 32.2. The summed E-state index contributed by atoms with van der Waals surface area (Å²) in [5.74, 6) is -0.290. The van der Waals surface area contributed by atoms with E-state index in [4.69, 9.17) is 5.11 Å². The molecule has 0 radical (unpaired) electrons. The Bertz CT molecular complexity index is 626. The number of sulfonamides is 1. The lowest BCUT2D eigenvalue weighted by Crippen LogP contribution is -2.33. The van der Waals surface area contributed by atoms with Crippen LogP contribution in [0.1, 0.15) is 28.4 Å². The van der Waals surface area contributed by atoms with Crippen molar-refractivity contribution in [2.24, 2.45) is 0 Å². The van der Waals surface area contributed by atoms with E-state index in [0.29, 0.717) is 17.7 Å². The fourth-order valence-corrected chi connectivity index (χ4v) is 3.11. The van der Waals surface area contributed by atoms with Crippen molar-refractivity contribution >= 4 is 15.9 Å². The van der Waals surface area contributed by atoms with Crippen LogP contribution in [0.2, 0.25) is 0 Å². The molecule has 0 aliphatic carbocycles. The lowest BCUT2D eigenvalue weighted by molar-refractivity contribution is 0.0731. The second-order valence-electron chi connectivity index (χ2n) is 4.73. The van der Waals surface area contributed by atoms with Crippen LogP contribution in [-0.2, 0) is 10.0 Å². The van der Waals surface area contributed by atoms with Crippen molar-refractivity contribution in [1.82, 2.24) is 9.62 Å². The number of hydrogen-bond acceptors (Lipinski definition) is 4. The molecule has 0 aliphatic rings. The van der Waals surface area contributed by atoms with E-state index >= 15 is 0 Å². The number of aryl methyl sites for hydroxylation is 1. The molecule has 0 fully saturated rings. The lowest BCUT2D eigenvalue weighted by Gasteiger charge is -2.21. The second kappa shape index (κ2) is 7.02. The van der Waals surface area contributed by atoms with Crippen LogP contribution in [0, 0.1) is 13.8 Å². The average Bonchev–Trinajstić information content (AvgIpc) is 2.46. The zero-order valence-electron chi connectivity index (χ0n) is 12.8. The number of likely N-dealkylation sites (N-methyl/N-ethyl adjacent to an activating group) is 1. The smallest absolute Gasteiger partial charge is 0.253 e. The van der Waals surface area contributed by atoms with Gasteiger partial charge in [-0.3, -0.25) is 4.79 Å². The third-order valence-corrected chi connectivity index (χ3v) is 5.00. The van der Waals surface area contributed by atoms with Crippen LogP contribution in [-0.4, -0.2) is 51.1 Å². The van der Waals surface area contributed by atoms with Gasteiger partial charge in [-0.2, -0.15) is 0 Å². The minimum absolute atomic E-state index is 0.105. The minimum atomic E-state index is -3.62. The molecule has 7 heteroatoms. The summed E-state index contributed by atoms with van der Waals surface area (Å²) >= 11 is 0. The molecule has 0 saturated carbocycles. The summed E-state index contributed by atoms with van der Waals surface area (Å²) in [5, 5.41) is 8.98. The van der Waals surface area contributed by atoms with E-state index in [9.17, 15) is 13.2 Å². The summed E-state index contributed by atoms with van der Waals surface area (Å²) in [6.07, 6.45) is 0. The van der Waals surface area contributed by atoms with Crippen molar-refractivity contribution in [3.8, 4) is 0 Å². The summed E-state index contributed by atoms with van der Waals surface area (Å²) in [7, 11) is -2.29. The fraction of sp³-hybridized carbons (Fsp3) is 0.500. The van der Waals surface area contributed by atoms with Gasteiger partial charge in [-0.05, 0) is 51.1 Å². The normalized spacial score (nSPS) is 11.5. The molecule has 0 atom stereocenters. The molecule has 0 saturated heterocycles. The molecule has 1 aromatic carbocycles. The molecule has 0 aromatic heterocycles. The van der Waals surface area contributed by atoms with Crippen LogP contribution in [0.3, 0.4) is 0 Å². The predicted molar refractivity (Wildman–Crippen MR) is 80.8 cm³/mol. The van der Waals surface area contributed by atoms with Crippen molar-refractivity contribution in [2.75, 3.05) is 26.7 Å². The lowest BCUT2D eigenvalue weighted by atomic mass is 10.1. The van der Waals surface area contributed by atoms with E-state index in [2.05, 4.69) is 4.72 Å². The highest BCUT2D eigenvalue weighted by Crippen LogP contribution is 2.21. The van der Waals surface area contributed by atoms with Crippen LogP contribution < -0.4 is 4.72 Å². The van der Waals surface area contributed by atoms with Crippen molar-refractivity contribution in [1.29, 1.82) is 0 Å². The molecule has 0 spiro atoms. The standard InChI is InChI=1S/C14H22N2O4S/c1-5-16(6-7-17)14(18)12-8-10(2)11(3)13(9-12)21(19,20)15-4/h8-9,15,17H,5-7H2,1-4H3. The maximum absolute atomic E-state index is 12.4. The predicted octanol–water partition coefficient (Wildman–Crippen LogP) is 0.666. The zero-order valence-corrected chi connectivity index (χ0v) is 13.6. The summed E-state index contributed by atoms with van der Waals surface area (Å²) < 4.78 is 26.3. The number of benzene rings is 1. The number of nitrogens with one attached hydrogen (secondary N) is 1. The van der Waals surface area contributed by atoms with E-state index < -0.39 is 10.0 Å². The highest BCUT2D eigenvalue weighted by Gasteiger charge is 2.21. The maximum atomic E-state index is 12.4. The van der Waals surface area contributed by atoms with Crippen molar-refractivity contribution in [3.05, 3.63) is 28.8 Å². The van der Waals surface area contributed by atoms with E-state index in [1.54, 1.807) is 26.8 Å². The number of amides is 1. The van der Waals surface area contributed by atoms with Gasteiger partial charge in [0, 0.05) is 18.7 Å².